The maximum Gasteiger partial charge on any atom is 0.330 e. The molecule has 2 N–H and O–H groups in total. The van der Waals surface area contributed by atoms with Crippen molar-refractivity contribution in [1.82, 2.24) is 4.98 Å². The highest BCUT2D eigenvalue weighted by atomic mass is 35.5. The molecule has 0 saturated carbocycles. The van der Waals surface area contributed by atoms with Gasteiger partial charge in [-0.05, 0) is 6.07 Å². The molecule has 0 radical (unpaired) electrons. The summed E-state index contributed by atoms with van der Waals surface area (Å²) in [6.45, 7) is -0.370. The van der Waals surface area contributed by atoms with Crippen LogP contribution >= 0.6 is 11.6 Å². The quantitative estimate of drug-likeness (QED) is 0.745. The highest BCUT2D eigenvalue weighted by Gasteiger charge is 2.18. The highest BCUT2D eigenvalue weighted by Crippen LogP contribution is 2.19. The summed E-state index contributed by atoms with van der Waals surface area (Å²) >= 11 is 5.81. The van der Waals surface area contributed by atoms with Gasteiger partial charge in [-0.1, -0.05) is 11.6 Å². The second-order valence-corrected chi connectivity index (χ2v) is 3.17. The second-order valence-electron chi connectivity index (χ2n) is 2.76. The van der Waals surface area contributed by atoms with E-state index in [0.717, 1.165) is 0 Å². The van der Waals surface area contributed by atoms with E-state index in [9.17, 15) is 4.79 Å². The Morgan fingerprint density at radius 2 is 2.53 bits per heavy atom. The lowest BCUT2D eigenvalue weighted by Crippen LogP contribution is -2.34. The zero-order chi connectivity index (χ0) is 11.3. The van der Waals surface area contributed by atoms with Crippen LogP contribution in [0.25, 0.3) is 0 Å². The number of esters is 1. The zero-order valence-electron chi connectivity index (χ0n) is 8.11. The third kappa shape index (κ3) is 3.07. The monoisotopic (exact) mass is 230 g/mol. The molecule has 1 atom stereocenters. The van der Waals surface area contributed by atoms with Gasteiger partial charge in [-0.3, -0.25) is 4.98 Å². The Hall–Kier alpha value is -1.33. The van der Waals surface area contributed by atoms with E-state index < -0.39 is 12.0 Å². The Morgan fingerprint density at radius 1 is 1.80 bits per heavy atom. The Kier molecular flexibility index (Phi) is 4.33. The molecule has 0 bridgehead atoms. The number of carbonyl (C=O) groups excluding carboxylic acids is 1. The minimum Gasteiger partial charge on any atom is -0.467 e. The van der Waals surface area contributed by atoms with E-state index in [1.165, 1.54) is 19.5 Å². The van der Waals surface area contributed by atoms with Crippen LogP contribution in [0.15, 0.2) is 18.5 Å². The molecule has 0 aliphatic rings. The van der Waals surface area contributed by atoms with E-state index in [2.05, 4.69) is 15.0 Å². The third-order valence-electron chi connectivity index (χ3n) is 1.77. The molecule has 1 unspecified atom stereocenters. The standard InChI is InChI=1S/C9H11ClN2O3/c1-15-9(14)8(5-13)12-7-2-3-11-4-6(7)10/h2-4,8,13H,5H2,1H3,(H,11,12). The van der Waals surface area contributed by atoms with Crippen molar-refractivity contribution in [3.8, 4) is 0 Å². The van der Waals surface area contributed by atoms with Gasteiger partial charge >= 0.3 is 5.97 Å². The second kappa shape index (κ2) is 5.53. The van der Waals surface area contributed by atoms with Gasteiger partial charge in [0.1, 0.15) is 6.04 Å². The Labute approximate surface area is 92.0 Å². The number of aromatic nitrogens is 1. The summed E-state index contributed by atoms with van der Waals surface area (Å²) in [5, 5.41) is 12.1. The molecule has 1 aromatic rings. The van der Waals surface area contributed by atoms with Crippen molar-refractivity contribution < 1.29 is 14.6 Å². The largest absolute Gasteiger partial charge is 0.467 e. The number of aliphatic hydroxyl groups is 1. The predicted molar refractivity (Wildman–Crippen MR) is 55.8 cm³/mol. The van der Waals surface area contributed by atoms with Crippen molar-refractivity contribution in [3.63, 3.8) is 0 Å². The SMILES string of the molecule is COC(=O)C(CO)Nc1ccncc1Cl. The summed E-state index contributed by atoms with van der Waals surface area (Å²) in [4.78, 5) is 14.9. The average molecular weight is 231 g/mol. The third-order valence-corrected chi connectivity index (χ3v) is 2.07. The number of carbonyl (C=O) groups is 1. The van der Waals surface area contributed by atoms with Gasteiger partial charge in [0.05, 0.1) is 24.4 Å². The molecule has 1 rings (SSSR count). The summed E-state index contributed by atoms with van der Waals surface area (Å²) in [7, 11) is 1.25. The normalized spacial score (nSPS) is 11.9. The van der Waals surface area contributed by atoms with Crippen molar-refractivity contribution >= 4 is 23.3 Å². The Bertz CT molecular complexity index is 346. The van der Waals surface area contributed by atoms with Crippen LogP contribution in [-0.2, 0) is 9.53 Å². The number of rotatable bonds is 4. The van der Waals surface area contributed by atoms with Gasteiger partial charge in [0.2, 0.25) is 0 Å². The molecule has 5 nitrogen and oxygen atoms in total. The molecule has 82 valence electrons. The molecule has 15 heavy (non-hydrogen) atoms. The van der Waals surface area contributed by atoms with E-state index in [4.69, 9.17) is 16.7 Å². The number of methoxy groups -OCH3 is 1. The van der Waals surface area contributed by atoms with Crippen molar-refractivity contribution in [2.45, 2.75) is 6.04 Å². The van der Waals surface area contributed by atoms with Crippen LogP contribution in [0, 0.1) is 0 Å². The lowest BCUT2D eigenvalue weighted by atomic mass is 10.3. The number of nitrogens with zero attached hydrogens (tertiary/aromatic N) is 1. The van der Waals surface area contributed by atoms with E-state index >= 15 is 0 Å². The minimum absolute atomic E-state index is 0.370. The van der Waals surface area contributed by atoms with Gasteiger partial charge in [0.15, 0.2) is 0 Å². The summed E-state index contributed by atoms with van der Waals surface area (Å²) in [6, 6.07) is 0.781. The smallest absolute Gasteiger partial charge is 0.330 e. The fourth-order valence-electron chi connectivity index (χ4n) is 1.00. The highest BCUT2D eigenvalue weighted by molar-refractivity contribution is 6.33. The minimum atomic E-state index is -0.824. The predicted octanol–water partition coefficient (Wildman–Crippen LogP) is 0.681. The van der Waals surface area contributed by atoms with Gasteiger partial charge in [0.25, 0.3) is 0 Å². The van der Waals surface area contributed by atoms with E-state index in [-0.39, 0.29) is 6.61 Å². The van der Waals surface area contributed by atoms with Crippen LogP contribution < -0.4 is 5.32 Å². The number of halogens is 1. The first-order valence-corrected chi connectivity index (χ1v) is 4.61. The van der Waals surface area contributed by atoms with Crippen LogP contribution in [0.4, 0.5) is 5.69 Å². The van der Waals surface area contributed by atoms with Crippen molar-refractivity contribution in [2.75, 3.05) is 19.0 Å². The fourth-order valence-corrected chi connectivity index (χ4v) is 1.18. The molecule has 0 fully saturated rings. The summed E-state index contributed by atoms with van der Waals surface area (Å²) < 4.78 is 4.50. The van der Waals surface area contributed by atoms with E-state index in [0.29, 0.717) is 10.7 Å². The van der Waals surface area contributed by atoms with Gasteiger partial charge in [0, 0.05) is 12.4 Å². The first kappa shape index (κ1) is 11.7. The lowest BCUT2D eigenvalue weighted by molar-refractivity contribution is -0.142. The maximum absolute atomic E-state index is 11.2. The molecule has 6 heteroatoms. The molecule has 0 saturated heterocycles. The Morgan fingerprint density at radius 3 is 3.07 bits per heavy atom. The zero-order valence-corrected chi connectivity index (χ0v) is 8.86. The number of ether oxygens (including phenoxy) is 1. The molecule has 0 aliphatic carbocycles. The topological polar surface area (TPSA) is 71.5 Å². The van der Waals surface area contributed by atoms with Crippen LogP contribution in [0.2, 0.25) is 5.02 Å². The number of hydrogen-bond acceptors (Lipinski definition) is 5. The average Bonchev–Trinajstić information content (AvgIpc) is 2.27. The lowest BCUT2D eigenvalue weighted by Gasteiger charge is -2.15. The van der Waals surface area contributed by atoms with Gasteiger partial charge < -0.3 is 15.2 Å². The van der Waals surface area contributed by atoms with Crippen LogP contribution in [0.3, 0.4) is 0 Å². The molecule has 1 heterocycles. The van der Waals surface area contributed by atoms with Crippen molar-refractivity contribution in [3.05, 3.63) is 23.5 Å². The van der Waals surface area contributed by atoms with Crippen LogP contribution in [0.5, 0.6) is 0 Å². The first-order valence-electron chi connectivity index (χ1n) is 4.23. The van der Waals surface area contributed by atoms with Crippen molar-refractivity contribution in [2.24, 2.45) is 0 Å². The molecule has 0 amide bonds. The molecule has 0 aliphatic heterocycles. The molecule has 1 aromatic heterocycles. The number of aliphatic hydroxyl groups excluding tert-OH is 1. The van der Waals surface area contributed by atoms with Crippen molar-refractivity contribution in [1.29, 1.82) is 0 Å². The number of pyridine rings is 1. The van der Waals surface area contributed by atoms with Gasteiger partial charge in [-0.2, -0.15) is 0 Å². The van der Waals surface area contributed by atoms with Crippen LogP contribution in [0.1, 0.15) is 0 Å². The van der Waals surface area contributed by atoms with E-state index in [1.807, 2.05) is 0 Å². The summed E-state index contributed by atoms with van der Waals surface area (Å²) in [6.07, 6.45) is 2.97. The number of hydrogen-bond donors (Lipinski definition) is 2. The van der Waals surface area contributed by atoms with Crippen LogP contribution in [-0.4, -0.2) is 35.8 Å². The van der Waals surface area contributed by atoms with Gasteiger partial charge in [-0.15, -0.1) is 0 Å². The molecular weight excluding hydrogens is 220 g/mol. The van der Waals surface area contributed by atoms with E-state index in [1.54, 1.807) is 6.07 Å². The fraction of sp³-hybridized carbons (Fsp3) is 0.333. The molecule has 0 spiro atoms. The first-order chi connectivity index (χ1) is 7.19. The Balaban J connectivity index is 2.75. The summed E-state index contributed by atoms with van der Waals surface area (Å²) in [5.74, 6) is -0.551. The summed E-state index contributed by atoms with van der Waals surface area (Å²) in [5.41, 5.74) is 0.524. The molecular formula is C9H11ClN2O3. The number of nitrogens with one attached hydrogen (secondary N) is 1. The van der Waals surface area contributed by atoms with Gasteiger partial charge in [-0.25, -0.2) is 4.79 Å². The number of anilines is 1. The maximum atomic E-state index is 11.2. The molecule has 0 aromatic carbocycles.